The molecular weight excluding hydrogens is 468 g/mol. The van der Waals surface area contributed by atoms with Crippen LogP contribution in [0.4, 0.5) is 5.69 Å². The number of pyridine rings is 1. The third-order valence-electron chi connectivity index (χ3n) is 5.89. The number of anilines is 1. The molecule has 0 saturated carbocycles. The van der Waals surface area contributed by atoms with E-state index in [-0.39, 0.29) is 10.7 Å². The molecule has 0 atom stereocenters. The molecule has 0 radical (unpaired) electrons. The number of aromatic nitrogens is 2. The van der Waals surface area contributed by atoms with Crippen LogP contribution in [0.2, 0.25) is 18.1 Å². The normalized spacial score (nSPS) is 16.3. The number of hydrogen-bond donors (Lipinski definition) is 1. The highest BCUT2D eigenvalue weighted by atomic mass is 79.9. The fourth-order valence-electron chi connectivity index (χ4n) is 3.19. The lowest BCUT2D eigenvalue weighted by atomic mass is 10.1. The first kappa shape index (κ1) is 22.4. The molecule has 0 aromatic carbocycles. The van der Waals surface area contributed by atoms with Gasteiger partial charge in [0.15, 0.2) is 8.32 Å². The van der Waals surface area contributed by atoms with Crippen molar-refractivity contribution < 1.29 is 9.22 Å². The molecule has 3 rings (SSSR count). The number of hydrogen-bond acceptors (Lipinski definition) is 6. The topological polar surface area (TPSA) is 81.3 Å². The summed E-state index contributed by atoms with van der Waals surface area (Å²) in [5.74, 6) is -0.542. The van der Waals surface area contributed by atoms with Crippen molar-refractivity contribution in [3.05, 3.63) is 27.9 Å². The lowest BCUT2D eigenvalue weighted by molar-refractivity contribution is 0.0996. The summed E-state index contributed by atoms with van der Waals surface area (Å²) in [4.78, 5) is 22.9. The number of thiazole rings is 1. The summed E-state index contributed by atoms with van der Waals surface area (Å²) in [7, 11) is -1.76. The molecule has 0 aliphatic carbocycles. The van der Waals surface area contributed by atoms with Crippen LogP contribution in [0.3, 0.4) is 0 Å². The van der Waals surface area contributed by atoms with Crippen molar-refractivity contribution in [1.29, 1.82) is 0 Å². The summed E-state index contributed by atoms with van der Waals surface area (Å²) in [6.07, 6.45) is 4.02. The average molecular weight is 498 g/mol. The van der Waals surface area contributed by atoms with Gasteiger partial charge in [0.05, 0.1) is 11.9 Å². The summed E-state index contributed by atoms with van der Waals surface area (Å²) >= 11 is 4.83. The first-order valence-electron chi connectivity index (χ1n) is 9.82. The number of nitrogens with zero attached hydrogens (tertiary/aromatic N) is 3. The number of rotatable bonds is 5. The minimum Gasteiger partial charge on any atom is -0.414 e. The van der Waals surface area contributed by atoms with E-state index in [1.165, 1.54) is 11.3 Å². The van der Waals surface area contributed by atoms with E-state index in [0.29, 0.717) is 11.7 Å². The van der Waals surface area contributed by atoms with E-state index in [9.17, 15) is 4.79 Å². The Morgan fingerprint density at radius 1 is 1.34 bits per heavy atom. The Morgan fingerprint density at radius 2 is 2.00 bits per heavy atom. The number of nitrogens with two attached hydrogens (primary N) is 1. The van der Waals surface area contributed by atoms with Gasteiger partial charge in [-0.25, -0.2) is 9.97 Å². The molecule has 0 unspecified atom stereocenters. The zero-order valence-corrected chi connectivity index (χ0v) is 21.1. The molecule has 1 aliphatic heterocycles. The molecule has 9 heteroatoms. The summed E-state index contributed by atoms with van der Waals surface area (Å²) < 4.78 is 7.33. The minimum atomic E-state index is -1.76. The van der Waals surface area contributed by atoms with Crippen LogP contribution in [-0.2, 0) is 4.43 Å². The summed E-state index contributed by atoms with van der Waals surface area (Å²) in [5, 5.41) is 2.84. The number of amides is 1. The van der Waals surface area contributed by atoms with Crippen molar-refractivity contribution in [2.45, 2.75) is 57.8 Å². The van der Waals surface area contributed by atoms with Crippen LogP contribution < -0.4 is 10.6 Å². The number of halogens is 1. The number of carbonyl (C=O) groups is 1. The summed E-state index contributed by atoms with van der Waals surface area (Å²) in [5.41, 5.74) is 7.47. The van der Waals surface area contributed by atoms with Crippen molar-refractivity contribution in [2.75, 3.05) is 18.0 Å². The molecule has 0 spiro atoms. The largest absolute Gasteiger partial charge is 0.414 e. The van der Waals surface area contributed by atoms with E-state index < -0.39 is 14.2 Å². The fourth-order valence-corrected chi connectivity index (χ4v) is 5.88. The zero-order chi connectivity index (χ0) is 21.4. The van der Waals surface area contributed by atoms with Gasteiger partial charge in [-0.2, -0.15) is 0 Å². The molecule has 1 amide bonds. The first-order chi connectivity index (χ1) is 13.5. The summed E-state index contributed by atoms with van der Waals surface area (Å²) in [6.45, 7) is 13.3. The van der Waals surface area contributed by atoms with E-state index in [1.807, 2.05) is 11.4 Å². The predicted octanol–water partition coefficient (Wildman–Crippen LogP) is 5.06. The standard InChI is InChI=1S/C20H29BrN4O2SSi/c1-20(2,3)29(4,5)27-14-6-8-25(9-7-14)13-10-15(17(18(22)26)23-11-13)19-24-16(21)12-28-19/h10-12,14H,6-9H2,1-5H3,(H2,22,26). The molecule has 1 saturated heterocycles. The average Bonchev–Trinajstić information content (AvgIpc) is 3.07. The second-order valence-electron chi connectivity index (χ2n) is 8.99. The molecular formula is C20H29BrN4O2SSi. The number of piperidine rings is 1. The second kappa shape index (κ2) is 8.45. The first-order valence-corrected chi connectivity index (χ1v) is 14.4. The molecule has 29 heavy (non-hydrogen) atoms. The van der Waals surface area contributed by atoms with E-state index in [0.717, 1.165) is 41.2 Å². The van der Waals surface area contributed by atoms with Crippen molar-refractivity contribution in [2.24, 2.45) is 5.73 Å². The molecule has 1 fully saturated rings. The van der Waals surface area contributed by atoms with Crippen LogP contribution in [0.25, 0.3) is 10.6 Å². The Morgan fingerprint density at radius 3 is 2.52 bits per heavy atom. The van der Waals surface area contributed by atoms with Crippen LogP contribution in [0.15, 0.2) is 22.2 Å². The maximum Gasteiger partial charge on any atom is 0.268 e. The van der Waals surface area contributed by atoms with E-state index >= 15 is 0 Å². The molecule has 1 aliphatic rings. The quantitative estimate of drug-likeness (QED) is 0.585. The molecule has 2 N–H and O–H groups in total. The van der Waals surface area contributed by atoms with Crippen LogP contribution in [0.5, 0.6) is 0 Å². The van der Waals surface area contributed by atoms with Crippen molar-refractivity contribution in [3.8, 4) is 10.6 Å². The maximum absolute atomic E-state index is 11.8. The zero-order valence-electron chi connectivity index (χ0n) is 17.7. The molecule has 158 valence electrons. The molecule has 0 bridgehead atoms. The summed E-state index contributed by atoms with van der Waals surface area (Å²) in [6, 6.07) is 1.98. The Balaban J connectivity index is 1.75. The number of carbonyl (C=O) groups excluding carboxylic acids is 1. The van der Waals surface area contributed by atoms with E-state index in [4.69, 9.17) is 10.2 Å². The van der Waals surface area contributed by atoms with Gasteiger partial charge in [0.2, 0.25) is 0 Å². The smallest absolute Gasteiger partial charge is 0.268 e. The predicted molar refractivity (Wildman–Crippen MR) is 125 cm³/mol. The Hall–Kier alpha value is -1.29. The van der Waals surface area contributed by atoms with Gasteiger partial charge in [-0.15, -0.1) is 11.3 Å². The van der Waals surface area contributed by atoms with Gasteiger partial charge >= 0.3 is 0 Å². The van der Waals surface area contributed by atoms with Crippen LogP contribution in [0.1, 0.15) is 44.1 Å². The van der Waals surface area contributed by atoms with Gasteiger partial charge in [-0.05, 0) is 53.0 Å². The van der Waals surface area contributed by atoms with Crippen molar-refractivity contribution in [3.63, 3.8) is 0 Å². The highest BCUT2D eigenvalue weighted by molar-refractivity contribution is 9.10. The fraction of sp³-hybridized carbons (Fsp3) is 0.550. The van der Waals surface area contributed by atoms with Gasteiger partial charge in [0.25, 0.3) is 5.91 Å². The number of primary amides is 1. The highest BCUT2D eigenvalue weighted by Gasteiger charge is 2.39. The van der Waals surface area contributed by atoms with Crippen LogP contribution >= 0.6 is 27.3 Å². The monoisotopic (exact) mass is 496 g/mol. The van der Waals surface area contributed by atoms with Crippen molar-refractivity contribution >= 4 is 47.2 Å². The molecule has 3 heterocycles. The molecule has 2 aromatic heterocycles. The van der Waals surface area contributed by atoms with Crippen LogP contribution in [-0.4, -0.2) is 43.4 Å². The lowest BCUT2D eigenvalue weighted by Gasteiger charge is -2.42. The van der Waals surface area contributed by atoms with E-state index in [1.54, 1.807) is 6.20 Å². The highest BCUT2D eigenvalue weighted by Crippen LogP contribution is 2.39. The Kier molecular flexibility index (Phi) is 6.52. The van der Waals surface area contributed by atoms with Gasteiger partial charge in [0.1, 0.15) is 15.3 Å². The van der Waals surface area contributed by atoms with Crippen LogP contribution in [0, 0.1) is 0 Å². The van der Waals surface area contributed by atoms with E-state index in [2.05, 4.69) is 64.7 Å². The maximum atomic E-state index is 11.8. The second-order valence-corrected chi connectivity index (χ2v) is 15.4. The third kappa shape index (κ3) is 5.07. The molecule has 2 aromatic rings. The Labute approximate surface area is 186 Å². The van der Waals surface area contributed by atoms with Gasteiger partial charge < -0.3 is 15.1 Å². The van der Waals surface area contributed by atoms with Gasteiger partial charge in [-0.1, -0.05) is 20.8 Å². The lowest BCUT2D eigenvalue weighted by Crippen LogP contribution is -2.47. The SMILES string of the molecule is CC(C)(C)[Si](C)(C)OC1CCN(c2cnc(C(N)=O)c(-c3nc(Br)cs3)c2)CC1. The Bertz CT molecular complexity index is 889. The van der Waals surface area contributed by atoms with Crippen molar-refractivity contribution in [1.82, 2.24) is 9.97 Å². The van der Waals surface area contributed by atoms with Gasteiger partial charge in [-0.3, -0.25) is 4.79 Å². The minimum absolute atomic E-state index is 0.218. The van der Waals surface area contributed by atoms with Gasteiger partial charge in [0, 0.05) is 30.1 Å². The third-order valence-corrected chi connectivity index (χ3v) is 12.0. The molecule has 6 nitrogen and oxygen atoms in total.